The van der Waals surface area contributed by atoms with E-state index in [0.29, 0.717) is 25.1 Å². The highest BCUT2D eigenvalue weighted by Gasteiger charge is 2.34. The molecular weight excluding hydrogens is 481 g/mol. The number of carbonyl (C=O) groups excluding carboxylic acids is 3. The number of thiocarbonyl (C=S) groups is 1. The Balaban J connectivity index is 2.07. The van der Waals surface area contributed by atoms with E-state index in [1.165, 1.54) is 0 Å². The summed E-state index contributed by atoms with van der Waals surface area (Å²) in [5, 5.41) is 5.51. The number of rotatable bonds is 5. The zero-order chi connectivity index (χ0) is 20.0. The summed E-state index contributed by atoms with van der Waals surface area (Å²) in [7, 11) is 0. The van der Waals surface area contributed by atoms with Gasteiger partial charge in [-0.25, -0.2) is 0 Å². The lowest BCUT2D eigenvalue weighted by atomic mass is 10.1. The molecule has 0 aliphatic carbocycles. The first kappa shape index (κ1) is 21.5. The van der Waals surface area contributed by atoms with Crippen molar-refractivity contribution in [2.45, 2.75) is 38.8 Å². The van der Waals surface area contributed by atoms with Gasteiger partial charge in [-0.3, -0.25) is 19.7 Å². The van der Waals surface area contributed by atoms with Crippen molar-refractivity contribution < 1.29 is 19.1 Å². The van der Waals surface area contributed by atoms with Gasteiger partial charge in [0, 0.05) is 16.7 Å². The average molecular weight is 503 g/mol. The fourth-order valence-electron chi connectivity index (χ4n) is 2.56. The van der Waals surface area contributed by atoms with Crippen LogP contribution >= 0.6 is 34.8 Å². The van der Waals surface area contributed by atoms with E-state index in [2.05, 4.69) is 33.2 Å². The van der Waals surface area contributed by atoms with Crippen LogP contribution in [0.3, 0.4) is 0 Å². The van der Waals surface area contributed by atoms with E-state index in [1.54, 1.807) is 24.0 Å². The maximum Gasteiger partial charge on any atom is 0.308 e. The average Bonchev–Trinajstić information content (AvgIpc) is 2.63. The van der Waals surface area contributed by atoms with Gasteiger partial charge < -0.3 is 15.0 Å². The fourth-order valence-corrected chi connectivity index (χ4v) is 3.50. The molecule has 1 saturated heterocycles. The van der Waals surface area contributed by atoms with E-state index in [0.717, 1.165) is 3.57 Å². The molecule has 0 radical (unpaired) electrons. The van der Waals surface area contributed by atoms with Gasteiger partial charge in [0.05, 0.1) is 18.1 Å². The predicted molar refractivity (Wildman–Crippen MR) is 113 cm³/mol. The number of halogens is 1. The minimum absolute atomic E-state index is 0.121. The van der Waals surface area contributed by atoms with Crippen molar-refractivity contribution in [2.75, 3.05) is 13.1 Å². The molecule has 27 heavy (non-hydrogen) atoms. The fraction of sp³-hybridized carbons (Fsp3) is 0.444. The third-order valence-corrected chi connectivity index (χ3v) is 5.48. The number of carbonyl (C=O) groups is 3. The quantitative estimate of drug-likeness (QED) is 0.363. The second-order valence-electron chi connectivity index (χ2n) is 6.15. The van der Waals surface area contributed by atoms with Crippen molar-refractivity contribution >= 4 is 57.7 Å². The maximum absolute atomic E-state index is 12.5. The molecule has 1 aliphatic heterocycles. The smallest absolute Gasteiger partial charge is 0.308 e. The lowest BCUT2D eigenvalue weighted by Gasteiger charge is -2.36. The molecule has 2 rings (SSSR count). The van der Waals surface area contributed by atoms with E-state index in [4.69, 9.17) is 17.0 Å². The monoisotopic (exact) mass is 503 g/mol. The van der Waals surface area contributed by atoms with E-state index >= 15 is 0 Å². The molecule has 1 fully saturated rings. The molecular formula is C18H22IN3O4S. The molecule has 0 saturated carbocycles. The molecule has 1 aromatic carbocycles. The van der Waals surface area contributed by atoms with Gasteiger partial charge in [0.2, 0.25) is 5.91 Å². The highest BCUT2D eigenvalue weighted by molar-refractivity contribution is 14.1. The van der Waals surface area contributed by atoms with Crippen molar-refractivity contribution in [2.24, 2.45) is 0 Å². The highest BCUT2D eigenvalue weighted by Crippen LogP contribution is 2.14. The zero-order valence-electron chi connectivity index (χ0n) is 15.2. The SMILES string of the molecule is CCC(C)OC(=O)CC1C(=O)NCCN1C(=S)NC(=O)c1ccccc1I. The summed E-state index contributed by atoms with van der Waals surface area (Å²) in [5.41, 5.74) is 0.495. The topological polar surface area (TPSA) is 87.7 Å². The Hall–Kier alpha value is -1.75. The molecule has 0 bridgehead atoms. The van der Waals surface area contributed by atoms with Crippen LogP contribution < -0.4 is 10.6 Å². The first-order valence-corrected chi connectivity index (χ1v) is 10.2. The number of piperazine rings is 1. The van der Waals surface area contributed by atoms with Crippen LogP contribution in [0.15, 0.2) is 24.3 Å². The molecule has 2 N–H and O–H groups in total. The molecule has 1 heterocycles. The summed E-state index contributed by atoms with van der Waals surface area (Å²) in [6, 6.07) is 6.31. The number of nitrogens with one attached hydrogen (secondary N) is 2. The van der Waals surface area contributed by atoms with Crippen LogP contribution in [0.25, 0.3) is 0 Å². The van der Waals surface area contributed by atoms with Crippen molar-refractivity contribution in [1.29, 1.82) is 0 Å². The Morgan fingerprint density at radius 3 is 2.81 bits per heavy atom. The van der Waals surface area contributed by atoms with Crippen molar-refractivity contribution in [3.63, 3.8) is 0 Å². The van der Waals surface area contributed by atoms with Crippen LogP contribution in [0.5, 0.6) is 0 Å². The minimum atomic E-state index is -0.807. The van der Waals surface area contributed by atoms with Crippen LogP contribution in [0.4, 0.5) is 0 Å². The first-order valence-electron chi connectivity index (χ1n) is 8.67. The Bertz CT molecular complexity index is 743. The van der Waals surface area contributed by atoms with Gasteiger partial charge >= 0.3 is 5.97 Å². The largest absolute Gasteiger partial charge is 0.463 e. The van der Waals surface area contributed by atoms with Crippen LogP contribution in [0, 0.1) is 3.57 Å². The molecule has 9 heteroatoms. The first-order chi connectivity index (χ1) is 12.8. The summed E-state index contributed by atoms with van der Waals surface area (Å²) < 4.78 is 6.06. The molecule has 1 aromatic rings. The summed E-state index contributed by atoms with van der Waals surface area (Å²) in [5.74, 6) is -1.13. The van der Waals surface area contributed by atoms with Gasteiger partial charge in [-0.1, -0.05) is 19.1 Å². The lowest BCUT2D eigenvalue weighted by molar-refractivity contribution is -0.151. The van der Waals surface area contributed by atoms with Gasteiger partial charge in [0.15, 0.2) is 5.11 Å². The van der Waals surface area contributed by atoms with Gasteiger partial charge in [0.1, 0.15) is 6.04 Å². The summed E-state index contributed by atoms with van der Waals surface area (Å²) in [4.78, 5) is 38.5. The summed E-state index contributed by atoms with van der Waals surface area (Å²) >= 11 is 7.42. The van der Waals surface area contributed by atoms with E-state index in [1.807, 2.05) is 19.1 Å². The van der Waals surface area contributed by atoms with E-state index < -0.39 is 12.0 Å². The summed E-state index contributed by atoms with van der Waals surface area (Å²) in [6.07, 6.45) is 0.343. The van der Waals surface area contributed by atoms with E-state index in [-0.39, 0.29) is 29.5 Å². The zero-order valence-corrected chi connectivity index (χ0v) is 18.1. The number of esters is 1. The number of hydrogen-bond acceptors (Lipinski definition) is 5. The molecule has 7 nitrogen and oxygen atoms in total. The molecule has 1 aliphatic rings. The number of hydrogen-bond donors (Lipinski definition) is 2. The molecule has 0 spiro atoms. The second kappa shape index (κ2) is 9.98. The van der Waals surface area contributed by atoms with Crippen LogP contribution in [0.1, 0.15) is 37.0 Å². The Morgan fingerprint density at radius 2 is 2.15 bits per heavy atom. The lowest BCUT2D eigenvalue weighted by Crippen LogP contribution is -2.60. The summed E-state index contributed by atoms with van der Waals surface area (Å²) in [6.45, 7) is 4.49. The van der Waals surface area contributed by atoms with Gasteiger partial charge in [-0.15, -0.1) is 0 Å². The van der Waals surface area contributed by atoms with Crippen LogP contribution in [-0.2, 0) is 14.3 Å². The molecule has 2 amide bonds. The standard InChI is InChI=1S/C18H22IN3O4S/c1-3-11(2)26-15(23)10-14-17(25)20-8-9-22(14)18(27)21-16(24)12-6-4-5-7-13(12)19/h4-7,11,14H,3,8-10H2,1-2H3,(H,20,25)(H,21,24,27). The Labute approximate surface area is 177 Å². The molecule has 2 unspecified atom stereocenters. The Morgan fingerprint density at radius 1 is 1.44 bits per heavy atom. The minimum Gasteiger partial charge on any atom is -0.463 e. The van der Waals surface area contributed by atoms with Crippen molar-refractivity contribution in [3.05, 3.63) is 33.4 Å². The third-order valence-electron chi connectivity index (χ3n) is 4.20. The van der Waals surface area contributed by atoms with Crippen molar-refractivity contribution in [1.82, 2.24) is 15.5 Å². The van der Waals surface area contributed by atoms with Gasteiger partial charge in [-0.2, -0.15) is 0 Å². The second-order valence-corrected chi connectivity index (χ2v) is 7.70. The predicted octanol–water partition coefficient (Wildman–Crippen LogP) is 1.84. The third kappa shape index (κ3) is 5.86. The molecule has 0 aromatic heterocycles. The Kier molecular flexibility index (Phi) is 7.96. The number of nitrogens with zero attached hydrogens (tertiary/aromatic N) is 1. The number of ether oxygens (including phenoxy) is 1. The van der Waals surface area contributed by atoms with Gasteiger partial charge in [-0.05, 0) is 60.3 Å². The normalized spacial score (nSPS) is 17.7. The van der Waals surface area contributed by atoms with Gasteiger partial charge in [0.25, 0.3) is 5.91 Å². The van der Waals surface area contributed by atoms with E-state index in [9.17, 15) is 14.4 Å². The molecule has 146 valence electrons. The van der Waals surface area contributed by atoms with Crippen LogP contribution in [0.2, 0.25) is 0 Å². The molecule has 2 atom stereocenters. The number of benzene rings is 1. The maximum atomic E-state index is 12.5. The van der Waals surface area contributed by atoms with Crippen molar-refractivity contribution in [3.8, 4) is 0 Å². The number of amides is 2. The van der Waals surface area contributed by atoms with Crippen LogP contribution in [-0.4, -0.2) is 53.0 Å². The highest BCUT2D eigenvalue weighted by atomic mass is 127.